The van der Waals surface area contributed by atoms with Crippen molar-refractivity contribution in [1.29, 1.82) is 5.26 Å². The maximum Gasteiger partial charge on any atom is 0.322 e. The number of benzene rings is 2. The Morgan fingerprint density at radius 3 is 2.52 bits per heavy atom. The number of piperazine rings is 1. The van der Waals surface area contributed by atoms with Crippen LogP contribution >= 0.6 is 0 Å². The number of methoxy groups -OCH3 is 2. The quantitative estimate of drug-likeness (QED) is 0.900. The van der Waals surface area contributed by atoms with Gasteiger partial charge in [-0.2, -0.15) is 5.26 Å². The lowest BCUT2D eigenvalue weighted by molar-refractivity contribution is 0.208. The number of urea groups is 1. The van der Waals surface area contributed by atoms with Crippen LogP contribution in [0.15, 0.2) is 42.5 Å². The molecule has 27 heavy (non-hydrogen) atoms. The van der Waals surface area contributed by atoms with E-state index in [-0.39, 0.29) is 6.03 Å². The molecule has 0 radical (unpaired) electrons. The predicted molar refractivity (Wildman–Crippen MR) is 104 cm³/mol. The first-order valence-electron chi connectivity index (χ1n) is 8.67. The molecule has 1 saturated heterocycles. The molecule has 7 heteroatoms. The van der Waals surface area contributed by atoms with E-state index in [1.165, 1.54) is 0 Å². The summed E-state index contributed by atoms with van der Waals surface area (Å²) in [5, 5.41) is 11.9. The second-order valence-corrected chi connectivity index (χ2v) is 6.13. The maximum absolute atomic E-state index is 12.6. The van der Waals surface area contributed by atoms with Gasteiger partial charge in [0, 0.05) is 37.9 Å². The van der Waals surface area contributed by atoms with Crippen LogP contribution < -0.4 is 19.7 Å². The highest BCUT2D eigenvalue weighted by Gasteiger charge is 2.22. The van der Waals surface area contributed by atoms with Gasteiger partial charge in [0.05, 0.1) is 31.5 Å². The Bertz CT molecular complexity index is 855. The summed E-state index contributed by atoms with van der Waals surface area (Å²) in [7, 11) is 3.14. The van der Waals surface area contributed by atoms with Gasteiger partial charge < -0.3 is 24.6 Å². The highest BCUT2D eigenvalue weighted by molar-refractivity contribution is 5.91. The monoisotopic (exact) mass is 366 g/mol. The average molecular weight is 366 g/mol. The Hall–Kier alpha value is -3.40. The Morgan fingerprint density at radius 2 is 1.85 bits per heavy atom. The molecule has 7 nitrogen and oxygen atoms in total. The fraction of sp³-hybridized carbons (Fsp3) is 0.300. The number of carbonyl (C=O) groups is 1. The second-order valence-electron chi connectivity index (χ2n) is 6.13. The standard InChI is InChI=1S/C20H22N4O3/c1-26-17-6-7-19(27-2)18(13-17)22-20(25)24-10-8-23(9-11-24)16-5-3-4-15(12-16)14-21/h3-7,12-13H,8-11H2,1-2H3,(H,22,25). The van der Waals surface area contributed by atoms with Gasteiger partial charge in [-0.05, 0) is 30.3 Å². The first-order chi connectivity index (χ1) is 13.1. The van der Waals surface area contributed by atoms with Crippen LogP contribution in [-0.4, -0.2) is 51.3 Å². The van der Waals surface area contributed by atoms with Crippen molar-refractivity contribution in [1.82, 2.24) is 4.90 Å². The van der Waals surface area contributed by atoms with E-state index in [0.29, 0.717) is 48.9 Å². The van der Waals surface area contributed by atoms with E-state index in [0.717, 1.165) is 5.69 Å². The summed E-state index contributed by atoms with van der Waals surface area (Å²) in [6.45, 7) is 2.60. The van der Waals surface area contributed by atoms with Crippen LogP contribution in [-0.2, 0) is 0 Å². The van der Waals surface area contributed by atoms with Gasteiger partial charge in [-0.1, -0.05) is 6.07 Å². The SMILES string of the molecule is COc1ccc(OC)c(NC(=O)N2CCN(c3cccc(C#N)c3)CC2)c1. The van der Waals surface area contributed by atoms with Gasteiger partial charge in [-0.15, -0.1) is 0 Å². The smallest absolute Gasteiger partial charge is 0.322 e. The first-order valence-corrected chi connectivity index (χ1v) is 8.67. The maximum atomic E-state index is 12.6. The van der Waals surface area contributed by atoms with Crippen molar-refractivity contribution >= 4 is 17.4 Å². The van der Waals surface area contributed by atoms with Crippen LogP contribution in [0.4, 0.5) is 16.2 Å². The third-order valence-corrected chi connectivity index (χ3v) is 4.56. The van der Waals surface area contributed by atoms with Crippen molar-refractivity contribution in [2.75, 3.05) is 50.6 Å². The van der Waals surface area contributed by atoms with Gasteiger partial charge in [-0.3, -0.25) is 0 Å². The summed E-state index contributed by atoms with van der Waals surface area (Å²) in [5.41, 5.74) is 2.22. The molecule has 1 heterocycles. The van der Waals surface area contributed by atoms with Gasteiger partial charge in [0.25, 0.3) is 0 Å². The lowest BCUT2D eigenvalue weighted by Gasteiger charge is -2.36. The van der Waals surface area contributed by atoms with Crippen molar-refractivity contribution < 1.29 is 14.3 Å². The van der Waals surface area contributed by atoms with E-state index in [1.54, 1.807) is 43.4 Å². The number of ether oxygens (including phenoxy) is 2. The summed E-state index contributed by atoms with van der Waals surface area (Å²) in [6, 6.07) is 14.8. The van der Waals surface area contributed by atoms with Crippen LogP contribution in [0, 0.1) is 11.3 Å². The van der Waals surface area contributed by atoms with Gasteiger partial charge >= 0.3 is 6.03 Å². The normalized spacial score (nSPS) is 13.7. The lowest BCUT2D eigenvalue weighted by Crippen LogP contribution is -2.50. The zero-order chi connectivity index (χ0) is 19.2. The number of amides is 2. The Kier molecular flexibility index (Phi) is 5.67. The number of hydrogen-bond acceptors (Lipinski definition) is 5. The summed E-state index contributed by atoms with van der Waals surface area (Å²) < 4.78 is 10.5. The van der Waals surface area contributed by atoms with Gasteiger partial charge in [0.15, 0.2) is 0 Å². The van der Waals surface area contributed by atoms with Crippen molar-refractivity contribution in [3.8, 4) is 17.6 Å². The number of nitriles is 1. The molecule has 1 aliphatic rings. The molecule has 1 N–H and O–H groups in total. The van der Waals surface area contributed by atoms with Gasteiger partial charge in [-0.25, -0.2) is 4.79 Å². The van der Waals surface area contributed by atoms with Gasteiger partial charge in [0.1, 0.15) is 11.5 Å². The van der Waals surface area contributed by atoms with Crippen molar-refractivity contribution in [2.24, 2.45) is 0 Å². The molecule has 2 amide bonds. The number of rotatable bonds is 4. The minimum absolute atomic E-state index is 0.174. The largest absolute Gasteiger partial charge is 0.497 e. The fourth-order valence-electron chi connectivity index (χ4n) is 3.05. The van der Waals surface area contributed by atoms with E-state index in [9.17, 15) is 4.79 Å². The highest BCUT2D eigenvalue weighted by atomic mass is 16.5. The molecular formula is C20H22N4O3. The molecule has 0 aliphatic carbocycles. The molecule has 1 aliphatic heterocycles. The zero-order valence-corrected chi connectivity index (χ0v) is 15.4. The molecule has 0 saturated carbocycles. The first kappa shape index (κ1) is 18.4. The minimum atomic E-state index is -0.174. The molecule has 0 unspecified atom stereocenters. The Labute approximate surface area is 158 Å². The number of carbonyl (C=O) groups excluding carboxylic acids is 1. The van der Waals surface area contributed by atoms with E-state index in [1.807, 2.05) is 18.2 Å². The third kappa shape index (κ3) is 4.23. The summed E-state index contributed by atoms with van der Waals surface area (Å²) in [5.74, 6) is 1.23. The summed E-state index contributed by atoms with van der Waals surface area (Å²) in [6.07, 6.45) is 0. The number of hydrogen-bond donors (Lipinski definition) is 1. The van der Waals surface area contributed by atoms with E-state index < -0.39 is 0 Å². The molecule has 0 atom stereocenters. The molecule has 0 bridgehead atoms. The minimum Gasteiger partial charge on any atom is -0.497 e. The predicted octanol–water partition coefficient (Wildman–Crippen LogP) is 2.93. The summed E-state index contributed by atoms with van der Waals surface area (Å²) in [4.78, 5) is 16.6. The topological polar surface area (TPSA) is 77.8 Å². The Morgan fingerprint density at radius 1 is 1.07 bits per heavy atom. The van der Waals surface area contributed by atoms with Crippen LogP contribution in [0.5, 0.6) is 11.5 Å². The zero-order valence-electron chi connectivity index (χ0n) is 15.4. The molecule has 2 aromatic carbocycles. The van der Waals surface area contributed by atoms with Crippen molar-refractivity contribution in [2.45, 2.75) is 0 Å². The highest BCUT2D eigenvalue weighted by Crippen LogP contribution is 2.29. The van der Waals surface area contributed by atoms with Crippen molar-refractivity contribution in [3.05, 3.63) is 48.0 Å². The summed E-state index contributed by atoms with van der Waals surface area (Å²) >= 11 is 0. The fourth-order valence-corrected chi connectivity index (χ4v) is 3.05. The van der Waals surface area contributed by atoms with E-state index in [2.05, 4.69) is 16.3 Å². The molecular weight excluding hydrogens is 344 g/mol. The van der Waals surface area contributed by atoms with Crippen LogP contribution in [0.2, 0.25) is 0 Å². The van der Waals surface area contributed by atoms with Gasteiger partial charge in [0.2, 0.25) is 0 Å². The van der Waals surface area contributed by atoms with E-state index >= 15 is 0 Å². The lowest BCUT2D eigenvalue weighted by atomic mass is 10.2. The Balaban J connectivity index is 1.63. The van der Waals surface area contributed by atoms with Crippen LogP contribution in [0.3, 0.4) is 0 Å². The molecule has 0 aromatic heterocycles. The average Bonchev–Trinajstić information content (AvgIpc) is 2.73. The molecule has 3 rings (SSSR count). The van der Waals surface area contributed by atoms with Crippen LogP contribution in [0.25, 0.3) is 0 Å². The number of nitrogens with one attached hydrogen (secondary N) is 1. The number of nitrogens with zero attached hydrogens (tertiary/aromatic N) is 3. The van der Waals surface area contributed by atoms with E-state index in [4.69, 9.17) is 14.7 Å². The van der Waals surface area contributed by atoms with Crippen LogP contribution in [0.1, 0.15) is 5.56 Å². The molecule has 1 fully saturated rings. The number of anilines is 2. The third-order valence-electron chi connectivity index (χ3n) is 4.56. The second kappa shape index (κ2) is 8.32. The van der Waals surface area contributed by atoms with Crippen molar-refractivity contribution in [3.63, 3.8) is 0 Å². The molecule has 0 spiro atoms. The molecule has 140 valence electrons. The molecule has 2 aromatic rings.